The lowest BCUT2D eigenvalue weighted by molar-refractivity contribution is -0.140. The van der Waals surface area contributed by atoms with Gasteiger partial charge in [-0.3, -0.25) is 0 Å². The van der Waals surface area contributed by atoms with Crippen LogP contribution in [0.25, 0.3) is 10.8 Å². The summed E-state index contributed by atoms with van der Waals surface area (Å²) in [4.78, 5) is 24.6. The number of phenols is 1. The molecule has 26 heavy (non-hydrogen) atoms. The molecule has 7 nitrogen and oxygen atoms in total. The number of hydrogen-bond acceptors (Lipinski definition) is 5. The van der Waals surface area contributed by atoms with E-state index in [1.807, 2.05) is 24.3 Å². The van der Waals surface area contributed by atoms with E-state index in [9.17, 15) is 14.7 Å². The van der Waals surface area contributed by atoms with Crippen molar-refractivity contribution in [3.63, 3.8) is 0 Å². The topological polar surface area (TPSA) is 96.9 Å². The molecule has 1 aliphatic heterocycles. The maximum absolute atomic E-state index is 12.6. The summed E-state index contributed by atoms with van der Waals surface area (Å²) in [6.45, 7) is 1.98. The lowest BCUT2D eigenvalue weighted by Crippen LogP contribution is -2.45. The average molecular weight is 356 g/mol. The Balaban J connectivity index is 2.09. The molecule has 1 heterocycles. The number of rotatable bonds is 5. The quantitative estimate of drug-likeness (QED) is 0.564. The van der Waals surface area contributed by atoms with Crippen LogP contribution in [0.5, 0.6) is 5.75 Å². The van der Waals surface area contributed by atoms with Gasteiger partial charge < -0.3 is 25.2 Å². The predicted octanol–water partition coefficient (Wildman–Crippen LogP) is 2.36. The Morgan fingerprint density at radius 1 is 1.19 bits per heavy atom. The van der Waals surface area contributed by atoms with Crippen LogP contribution in [0.1, 0.15) is 18.5 Å². The summed E-state index contributed by atoms with van der Waals surface area (Å²) in [6, 6.07) is 9.50. The zero-order chi connectivity index (χ0) is 18.7. The van der Waals surface area contributed by atoms with Crippen molar-refractivity contribution in [2.45, 2.75) is 13.0 Å². The SMILES string of the molecule is COCCOC(=O)C1=C(C)NC(=O)NC1c1c(O)ccc2ccccc12. The summed E-state index contributed by atoms with van der Waals surface area (Å²) in [6.07, 6.45) is 0. The lowest BCUT2D eigenvalue weighted by Gasteiger charge is -2.29. The van der Waals surface area contributed by atoms with Gasteiger partial charge in [0.2, 0.25) is 0 Å². The Kier molecular flexibility index (Phi) is 5.09. The first-order valence-corrected chi connectivity index (χ1v) is 8.18. The first-order chi connectivity index (χ1) is 12.5. The molecule has 0 radical (unpaired) electrons. The fourth-order valence-corrected chi connectivity index (χ4v) is 3.06. The van der Waals surface area contributed by atoms with Gasteiger partial charge in [-0.2, -0.15) is 0 Å². The van der Waals surface area contributed by atoms with E-state index in [1.54, 1.807) is 19.1 Å². The van der Waals surface area contributed by atoms with E-state index in [2.05, 4.69) is 10.6 Å². The van der Waals surface area contributed by atoms with Crippen LogP contribution >= 0.6 is 0 Å². The number of benzene rings is 2. The van der Waals surface area contributed by atoms with Gasteiger partial charge in [-0.05, 0) is 23.8 Å². The van der Waals surface area contributed by atoms with Gasteiger partial charge in [-0.1, -0.05) is 30.3 Å². The Morgan fingerprint density at radius 3 is 2.73 bits per heavy atom. The van der Waals surface area contributed by atoms with Gasteiger partial charge in [0, 0.05) is 18.4 Å². The zero-order valence-electron chi connectivity index (χ0n) is 14.5. The Bertz CT molecular complexity index is 891. The van der Waals surface area contributed by atoms with Gasteiger partial charge in [-0.25, -0.2) is 9.59 Å². The largest absolute Gasteiger partial charge is 0.508 e. The van der Waals surface area contributed by atoms with Gasteiger partial charge in [-0.15, -0.1) is 0 Å². The molecule has 0 aromatic heterocycles. The van der Waals surface area contributed by atoms with E-state index < -0.39 is 18.0 Å². The maximum atomic E-state index is 12.6. The minimum Gasteiger partial charge on any atom is -0.508 e. The van der Waals surface area contributed by atoms with E-state index in [4.69, 9.17) is 9.47 Å². The van der Waals surface area contributed by atoms with Crippen LogP contribution in [0.4, 0.5) is 4.79 Å². The van der Waals surface area contributed by atoms with Crippen LogP contribution in [0.2, 0.25) is 0 Å². The summed E-state index contributed by atoms with van der Waals surface area (Å²) in [5, 5.41) is 17.4. The molecule has 2 aromatic carbocycles. The van der Waals surface area contributed by atoms with Crippen molar-refractivity contribution in [1.82, 2.24) is 10.6 Å². The normalized spacial score (nSPS) is 17.0. The number of allylic oxidation sites excluding steroid dienone is 1. The number of esters is 1. The third-order valence-electron chi connectivity index (χ3n) is 4.25. The molecule has 0 aliphatic carbocycles. The van der Waals surface area contributed by atoms with Crippen LogP contribution in [-0.4, -0.2) is 37.4 Å². The van der Waals surface area contributed by atoms with Crippen molar-refractivity contribution >= 4 is 22.8 Å². The van der Waals surface area contributed by atoms with Crippen LogP contribution in [0, 0.1) is 0 Å². The lowest BCUT2D eigenvalue weighted by atomic mass is 9.90. The molecule has 0 saturated heterocycles. The minimum atomic E-state index is -0.829. The summed E-state index contributed by atoms with van der Waals surface area (Å²) < 4.78 is 10.1. The molecule has 1 aliphatic rings. The Morgan fingerprint density at radius 2 is 1.96 bits per heavy atom. The summed E-state index contributed by atoms with van der Waals surface area (Å²) in [5.41, 5.74) is 1.08. The van der Waals surface area contributed by atoms with E-state index >= 15 is 0 Å². The molecule has 0 spiro atoms. The summed E-state index contributed by atoms with van der Waals surface area (Å²) >= 11 is 0. The van der Waals surface area contributed by atoms with Crippen molar-refractivity contribution in [2.75, 3.05) is 20.3 Å². The highest BCUT2D eigenvalue weighted by atomic mass is 16.6. The van der Waals surface area contributed by atoms with Crippen LogP contribution in [0.15, 0.2) is 47.7 Å². The monoisotopic (exact) mass is 356 g/mol. The molecule has 3 rings (SSSR count). The number of ether oxygens (including phenoxy) is 2. The van der Waals surface area contributed by atoms with Crippen molar-refractivity contribution in [1.29, 1.82) is 0 Å². The third-order valence-corrected chi connectivity index (χ3v) is 4.25. The second-order valence-corrected chi connectivity index (χ2v) is 5.92. The molecule has 1 unspecified atom stereocenters. The average Bonchev–Trinajstić information content (AvgIpc) is 2.61. The minimum absolute atomic E-state index is 0.00843. The molecule has 1 atom stereocenters. The molecule has 136 valence electrons. The Hall–Kier alpha value is -3.06. The second kappa shape index (κ2) is 7.45. The van der Waals surface area contributed by atoms with Gasteiger partial charge in [0.25, 0.3) is 0 Å². The predicted molar refractivity (Wildman–Crippen MR) is 95.6 cm³/mol. The molecule has 7 heteroatoms. The second-order valence-electron chi connectivity index (χ2n) is 5.92. The van der Waals surface area contributed by atoms with Crippen molar-refractivity contribution in [2.24, 2.45) is 0 Å². The van der Waals surface area contributed by atoms with E-state index in [0.29, 0.717) is 11.3 Å². The van der Waals surface area contributed by atoms with Gasteiger partial charge in [0.15, 0.2) is 0 Å². The fourth-order valence-electron chi connectivity index (χ4n) is 3.06. The number of fused-ring (bicyclic) bond motifs is 1. The third kappa shape index (κ3) is 3.34. The number of phenolic OH excluding ortho intramolecular Hbond substituents is 1. The van der Waals surface area contributed by atoms with Crippen LogP contribution < -0.4 is 10.6 Å². The number of hydrogen-bond donors (Lipinski definition) is 3. The van der Waals surface area contributed by atoms with Crippen molar-refractivity contribution in [3.8, 4) is 5.75 Å². The number of methoxy groups -OCH3 is 1. The summed E-state index contributed by atoms with van der Waals surface area (Å²) in [7, 11) is 1.51. The number of amides is 2. The van der Waals surface area contributed by atoms with E-state index in [1.165, 1.54) is 7.11 Å². The highest BCUT2D eigenvalue weighted by molar-refractivity contribution is 5.98. The molecule has 0 bridgehead atoms. The number of nitrogens with one attached hydrogen (secondary N) is 2. The first kappa shape index (κ1) is 17.8. The highest BCUT2D eigenvalue weighted by Gasteiger charge is 2.34. The first-order valence-electron chi connectivity index (χ1n) is 8.18. The number of aromatic hydroxyl groups is 1. The molecular formula is C19H20N2O5. The molecule has 3 N–H and O–H groups in total. The standard InChI is InChI=1S/C19H20N2O5/c1-11-15(18(23)26-10-9-25-2)17(21-19(24)20-11)16-13-6-4-3-5-12(13)7-8-14(16)22/h3-8,17,22H,9-10H2,1-2H3,(H2,20,21,24). The van der Waals surface area contributed by atoms with Crippen molar-refractivity contribution in [3.05, 3.63) is 53.2 Å². The highest BCUT2D eigenvalue weighted by Crippen LogP contribution is 2.38. The summed E-state index contributed by atoms with van der Waals surface area (Å²) in [5.74, 6) is -0.588. The van der Waals surface area contributed by atoms with Crippen LogP contribution in [-0.2, 0) is 14.3 Å². The van der Waals surface area contributed by atoms with E-state index in [0.717, 1.165) is 10.8 Å². The fraction of sp³-hybridized carbons (Fsp3) is 0.263. The molecular weight excluding hydrogens is 336 g/mol. The molecule has 0 fully saturated rings. The van der Waals surface area contributed by atoms with Gasteiger partial charge >= 0.3 is 12.0 Å². The van der Waals surface area contributed by atoms with Gasteiger partial charge in [0.1, 0.15) is 12.4 Å². The van der Waals surface area contributed by atoms with Crippen LogP contribution in [0.3, 0.4) is 0 Å². The number of urea groups is 1. The van der Waals surface area contributed by atoms with Gasteiger partial charge in [0.05, 0.1) is 18.2 Å². The molecule has 2 aromatic rings. The number of carbonyl (C=O) groups excluding carboxylic acids is 2. The molecule has 0 saturated carbocycles. The molecule has 2 amide bonds. The smallest absolute Gasteiger partial charge is 0.338 e. The zero-order valence-corrected chi connectivity index (χ0v) is 14.5. The Labute approximate surface area is 150 Å². The van der Waals surface area contributed by atoms with Crippen molar-refractivity contribution < 1.29 is 24.2 Å². The maximum Gasteiger partial charge on any atom is 0.338 e. The number of carbonyl (C=O) groups is 2. The van der Waals surface area contributed by atoms with E-state index in [-0.39, 0.29) is 24.5 Å².